The minimum absolute atomic E-state index is 0.242. The summed E-state index contributed by atoms with van der Waals surface area (Å²) in [4.78, 5) is 0. The molecule has 5 heteroatoms. The second-order valence-electron chi connectivity index (χ2n) is 5.99. The Labute approximate surface area is 158 Å². The Morgan fingerprint density at radius 3 is 2.54 bits per heavy atom. The van der Waals surface area contributed by atoms with Crippen molar-refractivity contribution in [2.75, 3.05) is 0 Å². The van der Waals surface area contributed by atoms with Gasteiger partial charge in [-0.1, -0.05) is 43.3 Å². The molecule has 0 aliphatic rings. The molecule has 0 amide bonds. The zero-order chi connectivity index (χ0) is 18.4. The molecule has 0 spiro atoms. The van der Waals surface area contributed by atoms with Crippen molar-refractivity contribution in [3.63, 3.8) is 0 Å². The van der Waals surface area contributed by atoms with E-state index in [1.54, 1.807) is 12.3 Å². The van der Waals surface area contributed by atoms with Crippen LogP contribution in [0.3, 0.4) is 0 Å². The molecule has 0 radical (unpaired) electrons. The van der Waals surface area contributed by atoms with Gasteiger partial charge in [0.1, 0.15) is 11.6 Å². The van der Waals surface area contributed by atoms with Gasteiger partial charge in [-0.25, -0.2) is 4.39 Å². The standard InChI is InChI=1S/C21H21FN2OS/c1-2-15-8-10-16(11-9-15)20(17-5-3-6-18(22)13-17)24-21(26)23-14-19-7-4-12-25-19/h3-13,20H,2,14H2,1H3,(H2,23,24,26)/t20-/m0/s1. The van der Waals surface area contributed by atoms with Gasteiger partial charge in [0.15, 0.2) is 5.11 Å². The van der Waals surface area contributed by atoms with Crippen molar-refractivity contribution in [2.24, 2.45) is 0 Å². The first-order valence-electron chi connectivity index (χ1n) is 8.56. The van der Waals surface area contributed by atoms with Crippen LogP contribution in [0.25, 0.3) is 0 Å². The molecule has 0 saturated heterocycles. The summed E-state index contributed by atoms with van der Waals surface area (Å²) in [5.74, 6) is 0.526. The number of aryl methyl sites for hydroxylation is 1. The van der Waals surface area contributed by atoms with Gasteiger partial charge < -0.3 is 15.1 Å². The van der Waals surface area contributed by atoms with Gasteiger partial charge in [-0.2, -0.15) is 0 Å². The van der Waals surface area contributed by atoms with E-state index < -0.39 is 0 Å². The van der Waals surface area contributed by atoms with Gasteiger partial charge in [0.05, 0.1) is 18.8 Å². The zero-order valence-electron chi connectivity index (χ0n) is 14.5. The Morgan fingerprint density at radius 2 is 1.88 bits per heavy atom. The maximum Gasteiger partial charge on any atom is 0.167 e. The Balaban J connectivity index is 1.78. The first-order chi connectivity index (χ1) is 12.7. The SMILES string of the molecule is CCc1ccc([C@H](NC(=S)NCc2ccco2)c2cccc(F)c2)cc1. The maximum absolute atomic E-state index is 13.7. The molecular formula is C21H21FN2OS. The van der Waals surface area contributed by atoms with Crippen LogP contribution in [0.5, 0.6) is 0 Å². The van der Waals surface area contributed by atoms with Crippen molar-refractivity contribution in [1.82, 2.24) is 10.6 Å². The van der Waals surface area contributed by atoms with E-state index in [-0.39, 0.29) is 11.9 Å². The van der Waals surface area contributed by atoms with Gasteiger partial charge in [-0.3, -0.25) is 0 Å². The third-order valence-corrected chi connectivity index (χ3v) is 4.44. The van der Waals surface area contributed by atoms with Gasteiger partial charge in [0.2, 0.25) is 0 Å². The summed E-state index contributed by atoms with van der Waals surface area (Å²) < 4.78 is 19.0. The Bertz CT molecular complexity index is 847. The van der Waals surface area contributed by atoms with Crippen LogP contribution in [-0.2, 0) is 13.0 Å². The number of furan rings is 1. The molecule has 0 bridgehead atoms. The average molecular weight is 368 g/mol. The molecule has 0 saturated carbocycles. The Morgan fingerprint density at radius 1 is 1.08 bits per heavy atom. The van der Waals surface area contributed by atoms with E-state index in [9.17, 15) is 4.39 Å². The normalized spacial score (nSPS) is 11.8. The first kappa shape index (κ1) is 18.1. The summed E-state index contributed by atoms with van der Waals surface area (Å²) in [5.41, 5.74) is 3.09. The lowest BCUT2D eigenvalue weighted by atomic mass is 9.97. The molecule has 2 N–H and O–H groups in total. The van der Waals surface area contributed by atoms with Crippen LogP contribution >= 0.6 is 12.2 Å². The molecule has 0 fully saturated rings. The molecule has 0 aliphatic heterocycles. The molecule has 1 atom stereocenters. The summed E-state index contributed by atoms with van der Waals surface area (Å²) in [7, 11) is 0. The fraction of sp³-hybridized carbons (Fsp3) is 0.190. The third kappa shape index (κ3) is 4.70. The molecule has 3 aromatic rings. The third-order valence-electron chi connectivity index (χ3n) is 4.18. The van der Waals surface area contributed by atoms with E-state index in [1.807, 2.05) is 18.2 Å². The lowest BCUT2D eigenvalue weighted by Crippen LogP contribution is -2.37. The second-order valence-corrected chi connectivity index (χ2v) is 6.40. The fourth-order valence-electron chi connectivity index (χ4n) is 2.75. The molecule has 1 heterocycles. The number of hydrogen-bond donors (Lipinski definition) is 2. The van der Waals surface area contributed by atoms with Crippen LogP contribution in [-0.4, -0.2) is 5.11 Å². The highest BCUT2D eigenvalue weighted by molar-refractivity contribution is 7.80. The minimum atomic E-state index is -0.269. The van der Waals surface area contributed by atoms with Crippen molar-refractivity contribution in [2.45, 2.75) is 25.9 Å². The van der Waals surface area contributed by atoms with Crippen LogP contribution < -0.4 is 10.6 Å². The molecule has 3 nitrogen and oxygen atoms in total. The van der Waals surface area contributed by atoms with E-state index in [4.69, 9.17) is 16.6 Å². The number of nitrogens with one attached hydrogen (secondary N) is 2. The number of halogens is 1. The number of thiocarbonyl (C=S) groups is 1. The summed E-state index contributed by atoms with van der Waals surface area (Å²) in [5, 5.41) is 6.90. The minimum Gasteiger partial charge on any atom is -0.467 e. The van der Waals surface area contributed by atoms with Gasteiger partial charge in [-0.05, 0) is 59.6 Å². The van der Waals surface area contributed by atoms with Gasteiger partial charge >= 0.3 is 0 Å². The Kier molecular flexibility index (Phi) is 6.02. The first-order valence-corrected chi connectivity index (χ1v) is 8.97. The topological polar surface area (TPSA) is 37.2 Å². The van der Waals surface area contributed by atoms with E-state index in [2.05, 4.69) is 41.8 Å². The smallest absolute Gasteiger partial charge is 0.167 e. The quantitative estimate of drug-likeness (QED) is 0.617. The lowest BCUT2D eigenvalue weighted by molar-refractivity contribution is 0.502. The molecule has 3 rings (SSSR count). The van der Waals surface area contributed by atoms with Crippen LogP contribution in [0.2, 0.25) is 0 Å². The van der Waals surface area contributed by atoms with Gasteiger partial charge in [0.25, 0.3) is 0 Å². The predicted molar refractivity (Wildman–Crippen MR) is 105 cm³/mol. The molecule has 2 aromatic carbocycles. The Hall–Kier alpha value is -2.66. The molecule has 134 valence electrons. The zero-order valence-corrected chi connectivity index (χ0v) is 15.4. The summed E-state index contributed by atoms with van der Waals surface area (Å²) in [6.45, 7) is 2.61. The summed E-state index contributed by atoms with van der Waals surface area (Å²) in [6.07, 6.45) is 2.60. The van der Waals surface area contributed by atoms with Gasteiger partial charge in [0, 0.05) is 0 Å². The maximum atomic E-state index is 13.7. The van der Waals surface area contributed by atoms with Crippen molar-refractivity contribution >= 4 is 17.3 Å². The fourth-order valence-corrected chi connectivity index (χ4v) is 2.94. The monoisotopic (exact) mass is 368 g/mol. The van der Waals surface area contributed by atoms with E-state index in [0.29, 0.717) is 11.7 Å². The van der Waals surface area contributed by atoms with E-state index in [0.717, 1.165) is 23.3 Å². The van der Waals surface area contributed by atoms with E-state index >= 15 is 0 Å². The number of rotatable bonds is 6. The molecular weight excluding hydrogens is 347 g/mol. The highest BCUT2D eigenvalue weighted by atomic mass is 32.1. The van der Waals surface area contributed by atoms with Gasteiger partial charge in [-0.15, -0.1) is 0 Å². The average Bonchev–Trinajstić information content (AvgIpc) is 3.18. The molecule has 0 aliphatic carbocycles. The number of hydrogen-bond acceptors (Lipinski definition) is 2. The van der Waals surface area contributed by atoms with Crippen LogP contribution in [0, 0.1) is 5.82 Å². The van der Waals surface area contributed by atoms with Crippen molar-refractivity contribution < 1.29 is 8.81 Å². The highest BCUT2D eigenvalue weighted by Gasteiger charge is 2.16. The molecule has 26 heavy (non-hydrogen) atoms. The molecule has 0 unspecified atom stereocenters. The summed E-state index contributed by atoms with van der Waals surface area (Å²) >= 11 is 5.43. The van der Waals surface area contributed by atoms with Crippen molar-refractivity contribution in [3.05, 3.63) is 95.2 Å². The summed E-state index contributed by atoms with van der Waals surface area (Å²) in [6, 6.07) is 18.3. The lowest BCUT2D eigenvalue weighted by Gasteiger charge is -2.22. The van der Waals surface area contributed by atoms with Crippen molar-refractivity contribution in [3.8, 4) is 0 Å². The van der Waals surface area contributed by atoms with Crippen LogP contribution in [0.1, 0.15) is 35.4 Å². The number of benzene rings is 2. The second kappa shape index (κ2) is 8.63. The van der Waals surface area contributed by atoms with Crippen molar-refractivity contribution in [1.29, 1.82) is 0 Å². The van der Waals surface area contributed by atoms with E-state index in [1.165, 1.54) is 17.7 Å². The predicted octanol–water partition coefficient (Wildman–Crippen LogP) is 4.73. The largest absolute Gasteiger partial charge is 0.467 e. The highest BCUT2D eigenvalue weighted by Crippen LogP contribution is 2.23. The molecule has 1 aromatic heterocycles. The van der Waals surface area contributed by atoms with Crippen LogP contribution in [0.4, 0.5) is 4.39 Å². The van der Waals surface area contributed by atoms with Crippen LogP contribution in [0.15, 0.2) is 71.3 Å².